The van der Waals surface area contributed by atoms with Crippen molar-refractivity contribution in [2.45, 2.75) is 24.2 Å². The molecule has 2 aliphatic rings. The third kappa shape index (κ3) is 5.71. The molecule has 0 spiro atoms. The molecular weight excluding hydrogens is 448 g/mol. The van der Waals surface area contributed by atoms with Crippen LogP contribution in [0, 0.1) is 0 Å². The van der Waals surface area contributed by atoms with Crippen LogP contribution in [0.2, 0.25) is 0 Å². The zero-order valence-electron chi connectivity index (χ0n) is 17.9. The lowest BCUT2D eigenvalue weighted by Gasteiger charge is -2.25. The molecule has 9 nitrogen and oxygen atoms in total. The number of benzene rings is 2. The van der Waals surface area contributed by atoms with Gasteiger partial charge in [0.2, 0.25) is 16.8 Å². The maximum absolute atomic E-state index is 12.7. The summed E-state index contributed by atoms with van der Waals surface area (Å²) in [7, 11) is -3.53. The quantitative estimate of drug-likeness (QED) is 0.487. The molecular formula is C23H24N2O7S. The summed E-state index contributed by atoms with van der Waals surface area (Å²) in [5, 5.41) is 2.58. The van der Waals surface area contributed by atoms with Crippen LogP contribution in [0.5, 0.6) is 11.5 Å². The Kier molecular flexibility index (Phi) is 6.95. The molecule has 0 aliphatic carbocycles. The van der Waals surface area contributed by atoms with Crippen molar-refractivity contribution in [1.29, 1.82) is 0 Å². The van der Waals surface area contributed by atoms with E-state index in [0.717, 1.165) is 24.8 Å². The third-order valence-electron chi connectivity index (χ3n) is 5.24. The molecule has 1 fully saturated rings. The minimum absolute atomic E-state index is 0.163. The molecule has 1 saturated heterocycles. The van der Waals surface area contributed by atoms with Crippen LogP contribution in [0.15, 0.2) is 53.4 Å². The van der Waals surface area contributed by atoms with Crippen LogP contribution in [-0.4, -0.2) is 51.1 Å². The van der Waals surface area contributed by atoms with Gasteiger partial charge in [0.05, 0.1) is 4.90 Å². The van der Waals surface area contributed by atoms with Crippen molar-refractivity contribution in [2.75, 3.05) is 31.8 Å². The predicted octanol–water partition coefficient (Wildman–Crippen LogP) is 2.79. The Morgan fingerprint density at radius 3 is 2.48 bits per heavy atom. The number of nitrogens with zero attached hydrogens (tertiary/aromatic N) is 1. The summed E-state index contributed by atoms with van der Waals surface area (Å²) in [6.07, 6.45) is 5.51. The summed E-state index contributed by atoms with van der Waals surface area (Å²) < 4.78 is 42.3. The van der Waals surface area contributed by atoms with Crippen LogP contribution in [-0.2, 0) is 24.3 Å². The Hall–Kier alpha value is -3.37. The molecule has 1 N–H and O–H groups in total. The van der Waals surface area contributed by atoms with Gasteiger partial charge in [0.1, 0.15) is 0 Å². The van der Waals surface area contributed by atoms with Gasteiger partial charge in [-0.1, -0.05) is 12.5 Å². The summed E-state index contributed by atoms with van der Waals surface area (Å²) in [5.74, 6) is 0.0282. The Labute approximate surface area is 192 Å². The van der Waals surface area contributed by atoms with Gasteiger partial charge < -0.3 is 19.5 Å². The molecule has 0 unspecified atom stereocenters. The number of piperidine rings is 1. The zero-order chi connectivity index (χ0) is 23.3. The first-order valence-corrected chi connectivity index (χ1v) is 12.0. The highest BCUT2D eigenvalue weighted by atomic mass is 32.2. The molecule has 1 amide bonds. The topological polar surface area (TPSA) is 111 Å². The fourth-order valence-corrected chi connectivity index (χ4v) is 5.04. The normalized spacial score (nSPS) is 16.0. The first kappa shape index (κ1) is 22.8. The van der Waals surface area contributed by atoms with Crippen molar-refractivity contribution in [2.24, 2.45) is 0 Å². The van der Waals surface area contributed by atoms with E-state index < -0.39 is 28.5 Å². The lowest BCUT2D eigenvalue weighted by atomic mass is 10.2. The maximum Gasteiger partial charge on any atom is 0.331 e. The second-order valence-electron chi connectivity index (χ2n) is 7.59. The average molecular weight is 473 g/mol. The first-order valence-electron chi connectivity index (χ1n) is 10.6. The molecule has 33 heavy (non-hydrogen) atoms. The van der Waals surface area contributed by atoms with Crippen molar-refractivity contribution < 1.29 is 32.2 Å². The van der Waals surface area contributed by atoms with Crippen molar-refractivity contribution in [3.05, 3.63) is 54.1 Å². The number of hydrogen-bond donors (Lipinski definition) is 1. The van der Waals surface area contributed by atoms with Gasteiger partial charge in [-0.2, -0.15) is 4.31 Å². The summed E-state index contributed by atoms with van der Waals surface area (Å²) >= 11 is 0. The van der Waals surface area contributed by atoms with Crippen LogP contribution in [0.3, 0.4) is 0 Å². The fraction of sp³-hybridized carbons (Fsp3) is 0.304. The summed E-state index contributed by atoms with van der Waals surface area (Å²) in [5.41, 5.74) is 1.13. The second kappa shape index (κ2) is 10.1. The SMILES string of the molecule is O=C(COC(=O)C=Cc1ccc2c(c1)OCO2)Nc1ccc(S(=O)(=O)N2CCCCC2)cc1. The minimum Gasteiger partial charge on any atom is -0.454 e. The maximum atomic E-state index is 12.7. The number of nitrogens with one attached hydrogen (secondary N) is 1. The van der Waals surface area contributed by atoms with E-state index in [4.69, 9.17) is 14.2 Å². The van der Waals surface area contributed by atoms with E-state index in [1.807, 2.05) is 0 Å². The molecule has 0 atom stereocenters. The van der Waals surface area contributed by atoms with Crippen molar-refractivity contribution in [3.8, 4) is 11.5 Å². The fourth-order valence-electron chi connectivity index (χ4n) is 3.53. The van der Waals surface area contributed by atoms with E-state index in [2.05, 4.69) is 5.32 Å². The monoisotopic (exact) mass is 472 g/mol. The standard InChI is InChI=1S/C23H24N2O7S/c26-22(15-30-23(27)11-5-17-4-10-20-21(14-17)32-16-31-20)24-18-6-8-19(9-7-18)33(28,29)25-12-2-1-3-13-25/h4-11,14H,1-3,12-13,15-16H2,(H,24,26). The average Bonchev–Trinajstić information content (AvgIpc) is 3.30. The summed E-state index contributed by atoms with van der Waals surface area (Å²) in [4.78, 5) is 24.2. The smallest absolute Gasteiger partial charge is 0.331 e. The Morgan fingerprint density at radius 2 is 1.73 bits per heavy atom. The highest BCUT2D eigenvalue weighted by molar-refractivity contribution is 7.89. The number of ether oxygens (including phenoxy) is 3. The van der Waals surface area contributed by atoms with Crippen LogP contribution in [0.1, 0.15) is 24.8 Å². The van der Waals surface area contributed by atoms with Crippen molar-refractivity contribution >= 4 is 33.7 Å². The van der Waals surface area contributed by atoms with Crippen molar-refractivity contribution in [1.82, 2.24) is 4.31 Å². The predicted molar refractivity (Wildman–Crippen MR) is 120 cm³/mol. The highest BCUT2D eigenvalue weighted by Crippen LogP contribution is 2.32. The van der Waals surface area contributed by atoms with E-state index in [-0.39, 0.29) is 11.7 Å². The van der Waals surface area contributed by atoms with Gasteiger partial charge >= 0.3 is 5.97 Å². The first-order chi connectivity index (χ1) is 15.9. The molecule has 2 aliphatic heterocycles. The lowest BCUT2D eigenvalue weighted by molar-refractivity contribution is -0.142. The van der Waals surface area contributed by atoms with Gasteiger partial charge in [-0.3, -0.25) is 4.79 Å². The lowest BCUT2D eigenvalue weighted by Crippen LogP contribution is -2.35. The number of carbonyl (C=O) groups is 2. The van der Waals surface area contributed by atoms with Crippen molar-refractivity contribution in [3.63, 3.8) is 0 Å². The van der Waals surface area contributed by atoms with E-state index in [1.165, 1.54) is 34.6 Å². The molecule has 10 heteroatoms. The number of rotatable bonds is 7. The Bertz CT molecular complexity index is 1150. The molecule has 0 saturated carbocycles. The minimum atomic E-state index is -3.53. The van der Waals surface area contributed by atoms with E-state index >= 15 is 0 Å². The molecule has 0 radical (unpaired) electrons. The van der Waals surface area contributed by atoms with E-state index in [0.29, 0.717) is 30.3 Å². The molecule has 2 aromatic carbocycles. The van der Waals surface area contributed by atoms with E-state index in [9.17, 15) is 18.0 Å². The molecule has 4 rings (SSSR count). The molecule has 0 bridgehead atoms. The summed E-state index contributed by atoms with van der Waals surface area (Å²) in [6, 6.07) is 11.2. The van der Waals surface area contributed by atoms with Gasteiger partial charge in [-0.15, -0.1) is 0 Å². The van der Waals surface area contributed by atoms with Crippen LogP contribution < -0.4 is 14.8 Å². The second-order valence-corrected chi connectivity index (χ2v) is 9.53. The number of fused-ring (bicyclic) bond motifs is 1. The van der Waals surface area contributed by atoms with Crippen LogP contribution >= 0.6 is 0 Å². The van der Waals surface area contributed by atoms with Gasteiger partial charge in [-0.25, -0.2) is 13.2 Å². The van der Waals surface area contributed by atoms with Gasteiger partial charge in [0, 0.05) is 24.9 Å². The largest absolute Gasteiger partial charge is 0.454 e. The van der Waals surface area contributed by atoms with Gasteiger partial charge in [-0.05, 0) is 60.9 Å². The number of amides is 1. The number of sulfonamides is 1. The van der Waals surface area contributed by atoms with Crippen LogP contribution in [0.25, 0.3) is 6.08 Å². The summed E-state index contributed by atoms with van der Waals surface area (Å²) in [6.45, 7) is 0.735. The number of esters is 1. The zero-order valence-corrected chi connectivity index (χ0v) is 18.7. The van der Waals surface area contributed by atoms with E-state index in [1.54, 1.807) is 24.3 Å². The van der Waals surface area contributed by atoms with Gasteiger partial charge in [0.15, 0.2) is 18.1 Å². The van der Waals surface area contributed by atoms with Crippen LogP contribution in [0.4, 0.5) is 5.69 Å². The third-order valence-corrected chi connectivity index (χ3v) is 7.16. The van der Waals surface area contributed by atoms with Gasteiger partial charge in [0.25, 0.3) is 5.91 Å². The molecule has 2 aromatic rings. The molecule has 0 aromatic heterocycles. The molecule has 2 heterocycles. The molecule has 174 valence electrons. The Morgan fingerprint density at radius 1 is 1.00 bits per heavy atom. The number of hydrogen-bond acceptors (Lipinski definition) is 7. The number of carbonyl (C=O) groups excluding carboxylic acids is 2. The Balaban J connectivity index is 1.26. The number of anilines is 1. The highest BCUT2D eigenvalue weighted by Gasteiger charge is 2.25.